The number of rotatable bonds is 28. The number of nitrogens with zero attached hydrogens (tertiary/aromatic N) is 8. The minimum atomic E-state index is -0.895. The molecular weight excluding hydrogens is 1670 g/mol. The number of aliphatic carboxylic acids is 1. The lowest BCUT2D eigenvalue weighted by atomic mass is 9.95. The molecule has 8 heterocycles. The quantitative estimate of drug-likeness (QED) is 0.0224. The van der Waals surface area contributed by atoms with Crippen molar-refractivity contribution < 1.29 is 71.9 Å². The second-order valence-electron chi connectivity index (χ2n) is 37.8. The van der Waals surface area contributed by atoms with Crippen molar-refractivity contribution in [3.63, 3.8) is 0 Å². The van der Waals surface area contributed by atoms with Crippen LogP contribution in [0, 0.1) is 47.3 Å². The average molecular weight is 1800 g/mol. The molecule has 6 aromatic carbocycles. The number of alkyl carbamates (subject to hydrolysis) is 3. The van der Waals surface area contributed by atoms with Gasteiger partial charge < -0.3 is 79.6 Å². The number of carboxylic acid groups (broad SMARTS) is 1. The molecule has 6 fully saturated rings. The molecule has 132 heavy (non-hydrogen) atoms. The van der Waals surface area contributed by atoms with Gasteiger partial charge in [-0.2, -0.15) is 0 Å². The van der Waals surface area contributed by atoms with Gasteiger partial charge in [-0.1, -0.05) is 199 Å². The second kappa shape index (κ2) is 42.6. The lowest BCUT2D eigenvalue weighted by molar-refractivity contribution is -0.138. The number of aromatic amines is 2. The topological polar surface area (TPSA) is 363 Å². The van der Waals surface area contributed by atoms with Gasteiger partial charge in [-0.15, -0.1) is 0 Å². The number of hydrogen-bond acceptors (Lipinski definition) is 18. The summed E-state index contributed by atoms with van der Waals surface area (Å²) in [7, 11) is 5.89. The predicted octanol–water partition coefficient (Wildman–Crippen LogP) is 16.2. The molecule has 2 aliphatic carbocycles. The minimum Gasteiger partial charge on any atom is -0.481 e. The van der Waals surface area contributed by atoms with E-state index in [0.29, 0.717) is 88.2 Å². The van der Waals surface area contributed by atoms with Crippen LogP contribution in [-0.4, -0.2) is 207 Å². The zero-order chi connectivity index (χ0) is 93.8. The number of H-pyrrole nitrogens is 2. The van der Waals surface area contributed by atoms with Gasteiger partial charge in [-0.3, -0.25) is 38.8 Å². The highest BCUT2D eigenvalue weighted by Crippen LogP contribution is 2.43. The molecule has 0 unspecified atom stereocenters. The van der Waals surface area contributed by atoms with E-state index in [1.165, 1.54) is 14.2 Å². The Labute approximate surface area is 771 Å². The summed E-state index contributed by atoms with van der Waals surface area (Å²) < 4.78 is 26.1. The Morgan fingerprint density at radius 3 is 1.12 bits per heavy atom. The van der Waals surface area contributed by atoms with E-state index >= 15 is 0 Å². The smallest absolute Gasteiger partial charge is 0.408 e. The van der Waals surface area contributed by atoms with Crippen molar-refractivity contribution in [3.8, 4) is 44.8 Å². The molecule has 8 aliphatic rings. The van der Waals surface area contributed by atoms with Crippen LogP contribution in [-0.2, 0) is 52.5 Å². The van der Waals surface area contributed by atoms with Gasteiger partial charge in [0.1, 0.15) is 41.4 Å². The number of carbonyl (C=O) groups excluding carboxylic acids is 8. The van der Waals surface area contributed by atoms with E-state index in [1.54, 1.807) is 57.2 Å². The van der Waals surface area contributed by atoms with Gasteiger partial charge in [-0.05, 0) is 163 Å². The molecule has 0 radical (unpaired) electrons. The number of nitrogens with one attached hydrogen (secondary N) is 6. The fourth-order valence-corrected chi connectivity index (χ4v) is 18.5. The highest BCUT2D eigenvalue weighted by molar-refractivity contribution is 6.05. The average Bonchev–Trinajstić information content (AvgIpc) is 1.65. The number of allylic oxidation sites excluding steroid dienone is 2. The number of likely N-dealkylation sites (tertiary alicyclic amines) is 4. The molecular formula is C103H124N14O15. The molecule has 6 aliphatic heterocycles. The molecule has 0 bridgehead atoms. The van der Waals surface area contributed by atoms with Crippen LogP contribution in [0.2, 0.25) is 0 Å². The van der Waals surface area contributed by atoms with Crippen molar-refractivity contribution in [3.05, 3.63) is 216 Å². The molecule has 8 amide bonds. The minimum absolute atomic E-state index is 0.00340. The maximum absolute atomic E-state index is 14.3. The van der Waals surface area contributed by atoms with Gasteiger partial charge in [-0.25, -0.2) is 24.4 Å². The number of aliphatic imine (C=N–C) groups is 2. The van der Waals surface area contributed by atoms with Crippen LogP contribution in [0.25, 0.3) is 55.9 Å². The van der Waals surface area contributed by atoms with E-state index in [9.17, 15) is 43.2 Å². The fraction of sp³-hybridized carbons (Fsp3) is 0.447. The van der Waals surface area contributed by atoms with Crippen molar-refractivity contribution in [1.29, 1.82) is 0 Å². The highest BCUT2D eigenvalue weighted by atomic mass is 16.6. The first-order valence-corrected chi connectivity index (χ1v) is 46.0. The normalized spacial score (nSPS) is 21.3. The molecule has 16 rings (SSSR count). The van der Waals surface area contributed by atoms with Gasteiger partial charge in [0.15, 0.2) is 0 Å². The van der Waals surface area contributed by atoms with Crippen LogP contribution in [0.5, 0.6) is 0 Å². The molecule has 4 saturated heterocycles. The number of amides is 8. The Hall–Kier alpha value is -12.9. The van der Waals surface area contributed by atoms with Crippen LogP contribution in [0.15, 0.2) is 193 Å². The van der Waals surface area contributed by atoms with Gasteiger partial charge in [0.05, 0.1) is 81.3 Å². The Morgan fingerprint density at radius 2 is 0.788 bits per heavy atom. The van der Waals surface area contributed by atoms with Crippen molar-refractivity contribution in [1.82, 2.24) is 60.8 Å². The maximum Gasteiger partial charge on any atom is 0.408 e. The molecule has 0 spiro atoms. The van der Waals surface area contributed by atoms with Crippen molar-refractivity contribution in [2.45, 2.75) is 180 Å². The predicted molar refractivity (Wildman–Crippen MR) is 504 cm³/mol. The van der Waals surface area contributed by atoms with E-state index < -0.39 is 54.0 Å². The lowest BCUT2D eigenvalue weighted by Crippen LogP contribution is -2.51. The number of carbonyl (C=O) groups is 9. The SMILES string of the molecule is COC[C@H]1C[C@@H](c2ncc(-c3ccc(-c4ccc(C5=CN=C([C@@H]6C[C@H](C)CN6C(=O)[C@H](NC(=O)C6CC6)c6ccccc6)C5)cc4)cc3)[nH]2)N(C(=O)[C@@H](NC(=O)OC)C(C)C)C1.COC[C@H]1C[C@@H](c2ncc(-c3ccc(-c4ccc(C5=CN=C([C@@H]6C[C@H](C)CN6C(=O)[C@H](NC(=O)OC(C)(C)C)c6ccccc6)C5)cc4)cc3)[nH]2)N(C(=O)[C@@H](NC(=O)OC)C(C)C)C1.O=C(O)C1CC1. The summed E-state index contributed by atoms with van der Waals surface area (Å²) in [6.07, 6.45) is 13.3. The van der Waals surface area contributed by atoms with Crippen molar-refractivity contribution in [2.24, 2.45) is 57.3 Å². The van der Waals surface area contributed by atoms with Gasteiger partial charge in [0, 0.05) is 94.8 Å². The Kier molecular flexibility index (Phi) is 30.7. The number of benzene rings is 6. The Morgan fingerprint density at radius 1 is 0.432 bits per heavy atom. The monoisotopic (exact) mass is 1800 g/mol. The van der Waals surface area contributed by atoms with Gasteiger partial charge in [0.25, 0.3) is 0 Å². The molecule has 7 N–H and O–H groups in total. The molecule has 8 aromatic rings. The zero-order valence-corrected chi connectivity index (χ0v) is 77.6. The van der Waals surface area contributed by atoms with Gasteiger partial charge in [0.2, 0.25) is 29.5 Å². The molecule has 2 saturated carbocycles. The van der Waals surface area contributed by atoms with E-state index in [2.05, 4.69) is 142 Å². The highest BCUT2D eigenvalue weighted by Gasteiger charge is 2.47. The van der Waals surface area contributed by atoms with Gasteiger partial charge >= 0.3 is 24.2 Å². The number of imidazole rings is 2. The molecule has 12 atom stereocenters. The van der Waals surface area contributed by atoms with Crippen LogP contribution in [0.3, 0.4) is 0 Å². The second-order valence-corrected chi connectivity index (χ2v) is 37.8. The Bertz CT molecular complexity index is 5540. The Balaban J connectivity index is 0.000000199. The van der Waals surface area contributed by atoms with Crippen LogP contribution >= 0.6 is 0 Å². The number of carboxylic acids is 1. The third-order valence-corrected chi connectivity index (χ3v) is 25.8. The standard InChI is InChI=1S/C50H61N7O7.C49H57N7O6.C4H6O2/c1-30(2)43(54-48(60)63-8)46(58)57-28-32(29-62-7)23-42(57)45-52-26-40(53-45)36-20-18-34(19-21-36)33-14-16-35(17-15-33)38-24-39(51-25-38)41-22-31(3)27-56(41)47(59)44(37-12-10-9-11-13-37)55-49(61)64-50(4,5)6;1-29(2)43(54-49(60)62-5)47(58)56-27-31(28-61-4)22-42(56)45-51-25-40(52-45)35-17-15-33(16-18-35)32-11-13-34(14-12-32)38-23-39(50-24-38)41-21-30(3)26-55(41)48(59)44(36-9-7-6-8-10-36)53-46(57)37-19-20-37;5-4(6)3-1-2-3/h9-21,25-26,30-32,41-44H,22-24,27-29H2,1-8H3,(H,52,53)(H,54,60)(H,55,61);6-18,24-25,29-31,37,41-44H,19-23,26-28H2,1-5H3,(H,51,52)(H,53,57)(H,54,60);3H,1-2H2,(H,5,6)/t31-,32-,41-,42-,43-,44+;30-,31-,41-,42-,43-,44+;/m00./s1. The largest absolute Gasteiger partial charge is 0.481 e. The summed E-state index contributed by atoms with van der Waals surface area (Å²) in [5.74, 6) is 0.650. The van der Waals surface area contributed by atoms with Crippen molar-refractivity contribution >= 4 is 76.4 Å². The first-order valence-electron chi connectivity index (χ1n) is 46.0. The number of methoxy groups -OCH3 is 4. The zero-order valence-electron chi connectivity index (χ0n) is 77.6. The summed E-state index contributed by atoms with van der Waals surface area (Å²) in [5, 5.41) is 19.4. The number of hydrogen-bond donors (Lipinski definition) is 7. The lowest BCUT2D eigenvalue weighted by Gasteiger charge is -2.30. The summed E-state index contributed by atoms with van der Waals surface area (Å²) in [6, 6.07) is 48.4. The maximum atomic E-state index is 14.3. The fourth-order valence-electron chi connectivity index (χ4n) is 18.5. The first kappa shape index (κ1) is 95.2. The number of aromatic nitrogens is 4. The van der Waals surface area contributed by atoms with E-state index in [0.717, 1.165) is 123 Å². The molecule has 696 valence electrons. The van der Waals surface area contributed by atoms with Crippen molar-refractivity contribution in [2.75, 3.05) is 67.8 Å². The summed E-state index contributed by atoms with van der Waals surface area (Å²) >= 11 is 0. The van der Waals surface area contributed by atoms with Crippen LogP contribution < -0.4 is 21.3 Å². The summed E-state index contributed by atoms with van der Waals surface area (Å²) in [6.45, 7) is 20.5. The van der Waals surface area contributed by atoms with Crippen LogP contribution in [0.1, 0.15) is 185 Å². The third kappa shape index (κ3) is 23.3. The molecule has 29 heteroatoms. The van der Waals surface area contributed by atoms with E-state index in [1.807, 2.05) is 111 Å². The molecule has 29 nitrogen and oxygen atoms in total. The number of ether oxygens (including phenoxy) is 5. The van der Waals surface area contributed by atoms with E-state index in [-0.39, 0.29) is 95.1 Å². The summed E-state index contributed by atoms with van der Waals surface area (Å²) in [5.41, 5.74) is 14.9. The van der Waals surface area contributed by atoms with Crippen LogP contribution in [0.4, 0.5) is 14.4 Å². The molecule has 2 aromatic heterocycles. The first-order chi connectivity index (χ1) is 63.4. The third-order valence-electron chi connectivity index (χ3n) is 25.8. The van der Waals surface area contributed by atoms with E-state index in [4.69, 9.17) is 48.7 Å². The summed E-state index contributed by atoms with van der Waals surface area (Å²) in [4.78, 5) is 150.